The Kier molecular flexibility index (Phi) is 6.42. The molecule has 1 aliphatic heterocycles. The predicted octanol–water partition coefficient (Wildman–Crippen LogP) is 5.51. The van der Waals surface area contributed by atoms with Crippen LogP contribution in [-0.4, -0.2) is 37.0 Å². The first-order valence-corrected chi connectivity index (χ1v) is 9.99. The Morgan fingerprint density at radius 2 is 1.79 bits per heavy atom. The third kappa shape index (κ3) is 5.24. The van der Waals surface area contributed by atoms with Crippen molar-refractivity contribution in [3.63, 3.8) is 0 Å². The molecule has 2 aromatic carbocycles. The Balaban J connectivity index is 1.59. The first-order valence-electron chi connectivity index (χ1n) is 9.61. The molecule has 2 aromatic rings. The van der Waals surface area contributed by atoms with E-state index in [1.807, 2.05) is 25.1 Å². The number of hydrogen-bond donors (Lipinski definition) is 0. The van der Waals surface area contributed by atoms with Gasteiger partial charge in [0.25, 0.3) is 0 Å². The molecular formula is C22H24ClF3N2O. The minimum absolute atomic E-state index is 0.0302. The number of piperazine rings is 1. The molecule has 0 saturated carbocycles. The Labute approximate surface area is 174 Å². The number of hydrogen-bond acceptors (Lipinski definition) is 2. The molecule has 7 heteroatoms. The second-order valence-corrected chi connectivity index (χ2v) is 7.96. The van der Waals surface area contributed by atoms with Crippen LogP contribution in [0.1, 0.15) is 36.0 Å². The highest BCUT2D eigenvalue weighted by Crippen LogP contribution is 2.32. The minimum Gasteiger partial charge on any atom is -0.368 e. The number of benzene rings is 2. The summed E-state index contributed by atoms with van der Waals surface area (Å²) in [4.78, 5) is 16.7. The monoisotopic (exact) mass is 424 g/mol. The van der Waals surface area contributed by atoms with E-state index in [1.165, 1.54) is 6.07 Å². The third-order valence-corrected chi connectivity index (χ3v) is 5.64. The van der Waals surface area contributed by atoms with Gasteiger partial charge in [0.2, 0.25) is 5.91 Å². The van der Waals surface area contributed by atoms with E-state index < -0.39 is 11.7 Å². The average Bonchev–Trinajstić information content (AvgIpc) is 2.69. The van der Waals surface area contributed by atoms with Crippen LogP contribution >= 0.6 is 11.6 Å². The van der Waals surface area contributed by atoms with Crippen LogP contribution in [0, 0.1) is 6.92 Å². The van der Waals surface area contributed by atoms with Gasteiger partial charge < -0.3 is 9.80 Å². The molecule has 1 saturated heterocycles. The molecule has 0 bridgehead atoms. The Hall–Kier alpha value is -2.21. The maximum absolute atomic E-state index is 12.9. The lowest BCUT2D eigenvalue weighted by atomic mass is 9.95. The largest absolute Gasteiger partial charge is 0.416 e. The fourth-order valence-corrected chi connectivity index (χ4v) is 3.82. The Bertz CT molecular complexity index is 877. The van der Waals surface area contributed by atoms with Gasteiger partial charge in [0.1, 0.15) is 0 Å². The zero-order valence-electron chi connectivity index (χ0n) is 16.5. The van der Waals surface area contributed by atoms with Gasteiger partial charge in [-0.15, -0.1) is 0 Å². The molecule has 1 aliphatic rings. The number of rotatable bonds is 4. The normalized spacial score (nSPS) is 16.1. The van der Waals surface area contributed by atoms with E-state index in [-0.39, 0.29) is 18.2 Å². The van der Waals surface area contributed by atoms with Gasteiger partial charge in [-0.25, -0.2) is 0 Å². The number of halogens is 4. The molecular weight excluding hydrogens is 401 g/mol. The minimum atomic E-state index is -4.38. The smallest absolute Gasteiger partial charge is 0.368 e. The summed E-state index contributed by atoms with van der Waals surface area (Å²) >= 11 is 6.11. The van der Waals surface area contributed by atoms with Crippen LogP contribution in [0.2, 0.25) is 5.02 Å². The van der Waals surface area contributed by atoms with Crippen molar-refractivity contribution in [3.8, 4) is 0 Å². The molecule has 0 radical (unpaired) electrons. The van der Waals surface area contributed by atoms with Crippen LogP contribution in [0.4, 0.5) is 18.9 Å². The van der Waals surface area contributed by atoms with Crippen LogP contribution in [0.25, 0.3) is 0 Å². The first-order chi connectivity index (χ1) is 13.6. The molecule has 1 fully saturated rings. The van der Waals surface area contributed by atoms with Crippen LogP contribution in [-0.2, 0) is 11.0 Å². The van der Waals surface area contributed by atoms with E-state index in [4.69, 9.17) is 11.6 Å². The van der Waals surface area contributed by atoms with Gasteiger partial charge in [0.05, 0.1) is 5.56 Å². The molecule has 3 rings (SSSR count). The number of aryl methyl sites for hydroxylation is 1. The summed E-state index contributed by atoms with van der Waals surface area (Å²) < 4.78 is 38.8. The Morgan fingerprint density at radius 3 is 2.45 bits per heavy atom. The summed E-state index contributed by atoms with van der Waals surface area (Å²) in [6.07, 6.45) is -4.19. The van der Waals surface area contributed by atoms with Crippen LogP contribution in [0.3, 0.4) is 0 Å². The molecule has 0 aliphatic carbocycles. The quantitative estimate of drug-likeness (QED) is 0.646. The highest BCUT2D eigenvalue weighted by atomic mass is 35.5. The van der Waals surface area contributed by atoms with Crippen molar-refractivity contribution in [2.75, 3.05) is 31.1 Å². The zero-order valence-corrected chi connectivity index (χ0v) is 17.2. The number of carbonyl (C=O) groups is 1. The van der Waals surface area contributed by atoms with Crippen molar-refractivity contribution in [1.82, 2.24) is 4.90 Å². The van der Waals surface area contributed by atoms with E-state index >= 15 is 0 Å². The highest BCUT2D eigenvalue weighted by Gasteiger charge is 2.31. The van der Waals surface area contributed by atoms with Gasteiger partial charge >= 0.3 is 6.18 Å². The summed E-state index contributed by atoms with van der Waals surface area (Å²) in [6.45, 7) is 6.38. The predicted molar refractivity (Wildman–Crippen MR) is 109 cm³/mol. The maximum atomic E-state index is 12.9. The van der Waals surface area contributed by atoms with Gasteiger partial charge in [-0.3, -0.25) is 4.79 Å². The van der Waals surface area contributed by atoms with Crippen molar-refractivity contribution in [2.45, 2.75) is 32.4 Å². The number of alkyl halides is 3. The molecule has 0 unspecified atom stereocenters. The lowest BCUT2D eigenvalue weighted by molar-refractivity contribution is -0.137. The van der Waals surface area contributed by atoms with E-state index in [0.29, 0.717) is 36.8 Å². The lowest BCUT2D eigenvalue weighted by Crippen LogP contribution is -2.49. The van der Waals surface area contributed by atoms with Gasteiger partial charge in [-0.2, -0.15) is 13.2 Å². The van der Waals surface area contributed by atoms with Gasteiger partial charge in [0.15, 0.2) is 0 Å². The highest BCUT2D eigenvalue weighted by molar-refractivity contribution is 6.30. The van der Waals surface area contributed by atoms with Gasteiger partial charge in [-0.1, -0.05) is 42.8 Å². The van der Waals surface area contributed by atoms with E-state index in [1.54, 1.807) is 17.9 Å². The van der Waals surface area contributed by atoms with Crippen LogP contribution in [0.5, 0.6) is 0 Å². The van der Waals surface area contributed by atoms with E-state index in [2.05, 4.69) is 4.90 Å². The lowest BCUT2D eigenvalue weighted by Gasteiger charge is -2.37. The topological polar surface area (TPSA) is 23.6 Å². The van der Waals surface area contributed by atoms with Crippen LogP contribution < -0.4 is 4.90 Å². The molecule has 156 valence electrons. The fourth-order valence-electron chi connectivity index (χ4n) is 3.65. The number of carbonyl (C=O) groups excluding carboxylic acids is 1. The molecule has 1 heterocycles. The number of amides is 1. The van der Waals surface area contributed by atoms with Crippen LogP contribution in [0.15, 0.2) is 42.5 Å². The first kappa shape index (κ1) is 21.5. The van der Waals surface area contributed by atoms with Crippen molar-refractivity contribution >= 4 is 23.2 Å². The zero-order chi connectivity index (χ0) is 21.2. The number of nitrogens with zero attached hydrogens (tertiary/aromatic N) is 2. The fraction of sp³-hybridized carbons (Fsp3) is 0.409. The second-order valence-electron chi connectivity index (χ2n) is 7.53. The van der Waals surface area contributed by atoms with Crippen molar-refractivity contribution in [2.24, 2.45) is 0 Å². The summed E-state index contributed by atoms with van der Waals surface area (Å²) in [7, 11) is 0. The molecule has 0 N–H and O–H groups in total. The van der Waals surface area contributed by atoms with Crippen molar-refractivity contribution < 1.29 is 18.0 Å². The molecule has 0 aromatic heterocycles. The van der Waals surface area contributed by atoms with Gasteiger partial charge in [0, 0.05) is 43.3 Å². The van der Waals surface area contributed by atoms with E-state index in [9.17, 15) is 18.0 Å². The summed E-state index contributed by atoms with van der Waals surface area (Å²) in [6, 6.07) is 11.0. The van der Waals surface area contributed by atoms with Crippen molar-refractivity contribution in [3.05, 3.63) is 64.2 Å². The molecule has 0 spiro atoms. The molecule has 29 heavy (non-hydrogen) atoms. The average molecular weight is 425 g/mol. The summed E-state index contributed by atoms with van der Waals surface area (Å²) in [5, 5.41) is 0.680. The maximum Gasteiger partial charge on any atom is 0.416 e. The standard InChI is InChI=1S/C22H24ClF3N2O/c1-15-6-7-19(23)14-20(15)27-8-10-28(11-9-27)21(29)12-16(2)17-4-3-5-18(13-17)22(24,25)26/h3-7,13-14,16H,8-12H2,1-2H3/t16-/m1/s1. The third-order valence-electron chi connectivity index (χ3n) is 5.41. The summed E-state index contributed by atoms with van der Waals surface area (Å²) in [5.74, 6) is -0.310. The van der Waals surface area contributed by atoms with Crippen molar-refractivity contribution in [1.29, 1.82) is 0 Å². The molecule has 1 atom stereocenters. The van der Waals surface area contributed by atoms with E-state index in [0.717, 1.165) is 23.4 Å². The molecule has 1 amide bonds. The number of anilines is 1. The Morgan fingerprint density at radius 1 is 1.10 bits per heavy atom. The molecule has 3 nitrogen and oxygen atoms in total. The SMILES string of the molecule is Cc1ccc(Cl)cc1N1CCN(C(=O)C[C@@H](C)c2cccc(C(F)(F)F)c2)CC1. The van der Waals surface area contributed by atoms with Gasteiger partial charge in [-0.05, 0) is 42.2 Å². The summed E-state index contributed by atoms with van der Waals surface area (Å²) in [5.41, 5.74) is 2.05. The second kappa shape index (κ2) is 8.66.